The van der Waals surface area contributed by atoms with Gasteiger partial charge in [0.1, 0.15) is 5.75 Å². The smallest absolute Gasteiger partial charge is 0.262 e. The average molecular weight is 486 g/mol. The molecule has 0 atom stereocenters. The van der Waals surface area contributed by atoms with Crippen molar-refractivity contribution in [3.05, 3.63) is 100 Å². The number of rotatable bonds is 6. The minimum Gasteiger partial charge on any atom is -0.497 e. The highest BCUT2D eigenvalue weighted by Crippen LogP contribution is 2.32. The maximum atomic E-state index is 13.5. The number of methoxy groups -OCH3 is 1. The fraction of sp³-hybridized carbons (Fsp3) is 0.179. The molecule has 0 saturated heterocycles. The van der Waals surface area contributed by atoms with Crippen LogP contribution in [0.2, 0.25) is 5.02 Å². The summed E-state index contributed by atoms with van der Waals surface area (Å²) >= 11 is 6.02. The van der Waals surface area contributed by atoms with E-state index in [1.54, 1.807) is 35.9 Å². The summed E-state index contributed by atoms with van der Waals surface area (Å²) < 4.78 is 7.17. The first-order chi connectivity index (χ1) is 16.9. The molecule has 1 aliphatic rings. The molecule has 3 aromatic carbocycles. The lowest BCUT2D eigenvalue weighted by Crippen LogP contribution is -2.19. The van der Waals surface area contributed by atoms with Gasteiger partial charge in [-0.2, -0.15) is 5.10 Å². The van der Waals surface area contributed by atoms with E-state index in [1.807, 2.05) is 55.5 Å². The molecule has 176 valence electrons. The van der Waals surface area contributed by atoms with Crippen LogP contribution in [-0.2, 0) is 17.8 Å². The third-order valence-corrected chi connectivity index (χ3v) is 6.55. The summed E-state index contributed by atoms with van der Waals surface area (Å²) in [6.07, 6.45) is 0.724. The molecule has 6 nitrogen and oxygen atoms in total. The number of halogens is 1. The Labute approximate surface area is 208 Å². The number of fused-ring (bicyclic) bond motifs is 1. The molecule has 0 N–H and O–H groups in total. The maximum absolute atomic E-state index is 13.5. The Morgan fingerprint density at radius 3 is 2.51 bits per heavy atom. The van der Waals surface area contributed by atoms with Gasteiger partial charge in [0.2, 0.25) is 5.91 Å². The maximum Gasteiger partial charge on any atom is 0.262 e. The fourth-order valence-corrected chi connectivity index (χ4v) is 4.63. The zero-order valence-corrected chi connectivity index (χ0v) is 20.2. The highest BCUT2D eigenvalue weighted by atomic mass is 35.5. The van der Waals surface area contributed by atoms with E-state index in [0.717, 1.165) is 33.4 Å². The number of carbonyl (C=O) groups is 2. The van der Waals surface area contributed by atoms with E-state index in [1.165, 1.54) is 5.01 Å². The highest BCUT2D eigenvalue weighted by molar-refractivity contribution is 6.30. The van der Waals surface area contributed by atoms with Crippen molar-refractivity contribution in [1.82, 2.24) is 9.58 Å². The van der Waals surface area contributed by atoms with Crippen molar-refractivity contribution < 1.29 is 14.3 Å². The Bertz CT molecular complexity index is 1460. The zero-order valence-electron chi connectivity index (χ0n) is 19.5. The van der Waals surface area contributed by atoms with E-state index < -0.39 is 0 Å². The van der Waals surface area contributed by atoms with E-state index >= 15 is 0 Å². The minimum atomic E-state index is -0.143. The molecule has 4 aromatic rings. The largest absolute Gasteiger partial charge is 0.497 e. The van der Waals surface area contributed by atoms with Gasteiger partial charge in [0.05, 0.1) is 31.3 Å². The molecule has 0 bridgehead atoms. The molecule has 1 aliphatic heterocycles. The van der Waals surface area contributed by atoms with Crippen LogP contribution in [0.1, 0.15) is 33.6 Å². The number of hydrogen-bond donors (Lipinski definition) is 0. The van der Waals surface area contributed by atoms with E-state index in [-0.39, 0.29) is 18.2 Å². The van der Waals surface area contributed by atoms with E-state index in [4.69, 9.17) is 16.3 Å². The van der Waals surface area contributed by atoms with Gasteiger partial charge >= 0.3 is 0 Å². The van der Waals surface area contributed by atoms with Crippen LogP contribution >= 0.6 is 11.6 Å². The van der Waals surface area contributed by atoms with Crippen LogP contribution in [0.4, 0.5) is 0 Å². The first kappa shape index (κ1) is 22.9. The number of hydrogen-bond acceptors (Lipinski definition) is 4. The molecule has 0 spiro atoms. The van der Waals surface area contributed by atoms with Crippen LogP contribution in [0.5, 0.6) is 5.75 Å². The van der Waals surface area contributed by atoms with Crippen molar-refractivity contribution in [1.29, 1.82) is 0 Å². The van der Waals surface area contributed by atoms with Crippen molar-refractivity contribution in [2.45, 2.75) is 26.3 Å². The number of benzene rings is 3. The molecule has 1 amide bonds. The summed E-state index contributed by atoms with van der Waals surface area (Å²) in [5.41, 5.74) is 4.88. The third kappa shape index (κ3) is 4.45. The van der Waals surface area contributed by atoms with Crippen LogP contribution in [-0.4, -0.2) is 34.2 Å². The van der Waals surface area contributed by atoms with Gasteiger partial charge in [-0.05, 0) is 60.5 Å². The number of carbonyl (C=O) groups excluding carboxylic acids is 2. The van der Waals surface area contributed by atoms with Crippen LogP contribution in [0.15, 0.2) is 77.9 Å². The summed E-state index contributed by atoms with van der Waals surface area (Å²) in [6.45, 7) is 2.36. The van der Waals surface area contributed by atoms with Gasteiger partial charge in [-0.25, -0.2) is 5.01 Å². The third-order valence-electron chi connectivity index (χ3n) is 6.30. The second-order valence-electron chi connectivity index (χ2n) is 8.55. The number of hydrazone groups is 1. The predicted octanol–water partition coefficient (Wildman–Crippen LogP) is 5.63. The Morgan fingerprint density at radius 2 is 1.80 bits per heavy atom. The summed E-state index contributed by atoms with van der Waals surface area (Å²) in [5, 5.41) is 7.64. The standard InChI is InChI=1S/C28H24ClN3O3/c1-18-24(14-22-15-27(33)31(30-22)17-19-6-4-3-5-7-19)25-16-23(35-2)12-13-26(25)32(18)28(34)20-8-10-21(29)11-9-20/h3-13,16H,14-15,17H2,1-2H3. The van der Waals surface area contributed by atoms with Gasteiger partial charge < -0.3 is 4.74 Å². The van der Waals surface area contributed by atoms with Gasteiger partial charge in [-0.15, -0.1) is 0 Å². The molecule has 0 radical (unpaired) electrons. The number of nitrogens with zero attached hydrogens (tertiary/aromatic N) is 3. The molecule has 7 heteroatoms. The minimum absolute atomic E-state index is 0.0277. The summed E-state index contributed by atoms with van der Waals surface area (Å²) in [7, 11) is 1.62. The monoisotopic (exact) mass is 485 g/mol. The zero-order chi connectivity index (χ0) is 24.5. The Hall–Kier alpha value is -3.90. The van der Waals surface area contributed by atoms with Crippen molar-refractivity contribution >= 4 is 40.0 Å². The van der Waals surface area contributed by atoms with E-state index in [9.17, 15) is 9.59 Å². The highest BCUT2D eigenvalue weighted by Gasteiger charge is 2.27. The quantitative estimate of drug-likeness (QED) is 0.355. The van der Waals surface area contributed by atoms with Crippen molar-refractivity contribution in [2.75, 3.05) is 7.11 Å². The van der Waals surface area contributed by atoms with Crippen LogP contribution in [0.3, 0.4) is 0 Å². The molecule has 0 fully saturated rings. The first-order valence-corrected chi connectivity index (χ1v) is 11.7. The molecule has 1 aromatic heterocycles. The fourth-order valence-electron chi connectivity index (χ4n) is 4.51. The molecule has 0 saturated carbocycles. The molecular formula is C28H24ClN3O3. The van der Waals surface area contributed by atoms with Crippen molar-refractivity contribution in [3.63, 3.8) is 0 Å². The summed E-state index contributed by atoms with van der Waals surface area (Å²) in [4.78, 5) is 26.2. The van der Waals surface area contributed by atoms with Crippen molar-refractivity contribution in [3.8, 4) is 5.75 Å². The first-order valence-electron chi connectivity index (χ1n) is 11.3. The lowest BCUT2D eigenvalue weighted by atomic mass is 10.0. The average Bonchev–Trinajstić information content (AvgIpc) is 3.35. The van der Waals surface area contributed by atoms with Gasteiger partial charge in [0.25, 0.3) is 5.91 Å². The van der Waals surface area contributed by atoms with E-state index in [0.29, 0.717) is 29.3 Å². The Kier molecular flexibility index (Phi) is 6.14. The van der Waals surface area contributed by atoms with Gasteiger partial charge in [-0.3, -0.25) is 14.2 Å². The topological polar surface area (TPSA) is 63.9 Å². The molecule has 0 aliphatic carbocycles. The number of aromatic nitrogens is 1. The van der Waals surface area contributed by atoms with Crippen LogP contribution in [0, 0.1) is 6.92 Å². The molecule has 5 rings (SSSR count). The number of ether oxygens (including phenoxy) is 1. The summed E-state index contributed by atoms with van der Waals surface area (Å²) in [5.74, 6) is 0.528. The van der Waals surface area contributed by atoms with Crippen LogP contribution in [0.25, 0.3) is 10.9 Å². The van der Waals surface area contributed by atoms with Gasteiger partial charge in [0, 0.05) is 28.1 Å². The van der Waals surface area contributed by atoms with Gasteiger partial charge in [0.15, 0.2) is 0 Å². The molecule has 0 unspecified atom stereocenters. The number of amides is 1. The Balaban J connectivity index is 1.53. The predicted molar refractivity (Wildman–Crippen MR) is 137 cm³/mol. The molecular weight excluding hydrogens is 462 g/mol. The van der Waals surface area contributed by atoms with Gasteiger partial charge in [-0.1, -0.05) is 41.9 Å². The Morgan fingerprint density at radius 1 is 1.06 bits per heavy atom. The van der Waals surface area contributed by atoms with E-state index in [2.05, 4.69) is 5.10 Å². The SMILES string of the molecule is COc1ccc2c(c1)c(CC1=NN(Cc3ccccc3)C(=O)C1)c(C)n2C(=O)c1ccc(Cl)cc1. The second kappa shape index (κ2) is 9.39. The van der Waals surface area contributed by atoms with Crippen LogP contribution < -0.4 is 4.74 Å². The molecule has 2 heterocycles. The lowest BCUT2D eigenvalue weighted by molar-refractivity contribution is -0.129. The lowest BCUT2D eigenvalue weighted by Gasteiger charge is -2.11. The summed E-state index contributed by atoms with van der Waals surface area (Å²) in [6, 6.07) is 22.3. The normalized spacial score (nSPS) is 13.4. The second-order valence-corrected chi connectivity index (χ2v) is 8.99. The molecule has 35 heavy (non-hydrogen) atoms. The van der Waals surface area contributed by atoms with Crippen molar-refractivity contribution in [2.24, 2.45) is 5.10 Å².